The van der Waals surface area contributed by atoms with Crippen LogP contribution < -0.4 is 15.1 Å². The standard InChI is InChI=1S/C20H23N3O.C9H7F2NO3.C2H6/c1-14-7-6-8-16(11-14)13-23-15(2)22(5)19-10-9-17(21(3)4)12-18(19)20(23)24;10-5-2-1-3-6(11)8(5)9(15)12-4-7(13)14;1-2/h6-12H,2,13H2,1,3-5H3;1-3H,4H2,(H,12,15)(H,13,14);1-2H3. The van der Waals surface area contributed by atoms with Gasteiger partial charge < -0.3 is 20.2 Å². The van der Waals surface area contributed by atoms with Crippen LogP contribution in [0.2, 0.25) is 0 Å². The van der Waals surface area contributed by atoms with E-state index in [0.29, 0.717) is 17.9 Å². The van der Waals surface area contributed by atoms with E-state index in [4.69, 9.17) is 5.11 Å². The molecule has 8 nitrogen and oxygen atoms in total. The number of carboxylic acids is 1. The molecule has 4 rings (SSSR count). The first-order valence-corrected chi connectivity index (χ1v) is 13.0. The SMILES string of the molecule is C=C1N(Cc2cccc(C)c2)C(=O)c2cc(N(C)C)ccc2N1C.CC.O=C(O)CNC(=O)c1c(F)cccc1F. The molecule has 0 aromatic heterocycles. The van der Waals surface area contributed by atoms with Crippen molar-refractivity contribution in [2.45, 2.75) is 27.3 Å². The molecule has 3 aromatic rings. The summed E-state index contributed by atoms with van der Waals surface area (Å²) in [5, 5.41) is 10.1. The molecule has 0 saturated heterocycles. The average molecular weight is 567 g/mol. The van der Waals surface area contributed by atoms with E-state index in [1.807, 2.05) is 80.4 Å². The number of benzene rings is 3. The third-order valence-electron chi connectivity index (χ3n) is 6.05. The minimum atomic E-state index is -1.29. The van der Waals surface area contributed by atoms with Crippen LogP contribution in [0.1, 0.15) is 45.7 Å². The number of rotatable bonds is 6. The van der Waals surface area contributed by atoms with E-state index in [9.17, 15) is 23.2 Å². The number of nitrogens with zero attached hydrogens (tertiary/aromatic N) is 3. The van der Waals surface area contributed by atoms with Crippen molar-refractivity contribution < 1.29 is 28.3 Å². The molecule has 41 heavy (non-hydrogen) atoms. The second kappa shape index (κ2) is 14.6. The van der Waals surface area contributed by atoms with Gasteiger partial charge in [-0.15, -0.1) is 0 Å². The maximum Gasteiger partial charge on any atom is 0.322 e. The summed E-state index contributed by atoms with van der Waals surface area (Å²) in [6.45, 7) is 10.0. The fourth-order valence-electron chi connectivity index (χ4n) is 3.96. The third kappa shape index (κ3) is 8.14. The number of aliphatic carboxylic acids is 1. The maximum absolute atomic E-state index is 13.1. The van der Waals surface area contributed by atoms with Crippen LogP contribution in [0.5, 0.6) is 0 Å². The van der Waals surface area contributed by atoms with Crippen LogP contribution in [0.4, 0.5) is 20.2 Å². The highest BCUT2D eigenvalue weighted by atomic mass is 19.1. The van der Waals surface area contributed by atoms with Crippen LogP contribution in [0.25, 0.3) is 0 Å². The summed E-state index contributed by atoms with van der Waals surface area (Å²) in [4.78, 5) is 40.0. The van der Waals surface area contributed by atoms with E-state index >= 15 is 0 Å². The molecule has 0 spiro atoms. The van der Waals surface area contributed by atoms with Gasteiger partial charge in [0.1, 0.15) is 29.6 Å². The van der Waals surface area contributed by atoms with Crippen molar-refractivity contribution >= 4 is 29.2 Å². The minimum absolute atomic E-state index is 0.00157. The van der Waals surface area contributed by atoms with Crippen LogP contribution in [0.3, 0.4) is 0 Å². The van der Waals surface area contributed by atoms with E-state index in [1.54, 1.807) is 4.90 Å². The number of hydrogen-bond acceptors (Lipinski definition) is 5. The molecule has 0 aliphatic carbocycles. The van der Waals surface area contributed by atoms with Gasteiger partial charge in [-0.3, -0.25) is 19.3 Å². The Morgan fingerprint density at radius 3 is 2.17 bits per heavy atom. The highest BCUT2D eigenvalue weighted by molar-refractivity contribution is 6.04. The quantitative estimate of drug-likeness (QED) is 0.414. The predicted octanol–water partition coefficient (Wildman–Crippen LogP) is 5.43. The molecule has 3 aromatic carbocycles. The summed E-state index contributed by atoms with van der Waals surface area (Å²) in [6.07, 6.45) is 0. The predicted molar refractivity (Wildman–Crippen MR) is 157 cm³/mol. The Kier molecular flexibility index (Phi) is 11.6. The highest BCUT2D eigenvalue weighted by Crippen LogP contribution is 2.34. The van der Waals surface area contributed by atoms with Crippen LogP contribution in [-0.4, -0.2) is 55.5 Å². The van der Waals surface area contributed by atoms with Crippen molar-refractivity contribution in [3.05, 3.63) is 107 Å². The molecule has 1 heterocycles. The van der Waals surface area contributed by atoms with Crippen LogP contribution in [0.15, 0.2) is 73.1 Å². The number of aryl methyl sites for hydroxylation is 1. The van der Waals surface area contributed by atoms with Crippen LogP contribution in [0, 0.1) is 18.6 Å². The first-order valence-electron chi connectivity index (χ1n) is 13.0. The normalized spacial score (nSPS) is 11.9. The van der Waals surface area contributed by atoms with Crippen molar-refractivity contribution in [2.24, 2.45) is 0 Å². The van der Waals surface area contributed by atoms with E-state index in [2.05, 4.69) is 25.6 Å². The molecule has 1 aliphatic heterocycles. The number of carbonyl (C=O) groups excluding carboxylic acids is 2. The summed E-state index contributed by atoms with van der Waals surface area (Å²) in [7, 11) is 5.90. The van der Waals surface area contributed by atoms with Crippen LogP contribution in [-0.2, 0) is 11.3 Å². The molecule has 0 saturated carbocycles. The first-order chi connectivity index (χ1) is 19.4. The van der Waals surface area contributed by atoms with Gasteiger partial charge in [-0.1, -0.05) is 56.3 Å². The zero-order valence-corrected chi connectivity index (χ0v) is 24.2. The Labute approximate surface area is 239 Å². The van der Waals surface area contributed by atoms with Crippen molar-refractivity contribution in [1.29, 1.82) is 0 Å². The highest BCUT2D eigenvalue weighted by Gasteiger charge is 2.31. The van der Waals surface area contributed by atoms with Gasteiger partial charge in [-0.25, -0.2) is 8.78 Å². The lowest BCUT2D eigenvalue weighted by atomic mass is 10.0. The lowest BCUT2D eigenvalue weighted by Crippen LogP contribution is -2.42. The van der Waals surface area contributed by atoms with Gasteiger partial charge in [0.15, 0.2) is 0 Å². The van der Waals surface area contributed by atoms with Gasteiger partial charge in [-0.2, -0.15) is 0 Å². The number of hydrogen-bond donors (Lipinski definition) is 2. The van der Waals surface area contributed by atoms with Gasteiger partial charge in [0.25, 0.3) is 11.8 Å². The molecule has 0 bridgehead atoms. The van der Waals surface area contributed by atoms with Crippen molar-refractivity contribution in [3.8, 4) is 0 Å². The maximum atomic E-state index is 13.1. The molecule has 2 N–H and O–H groups in total. The number of nitrogens with one attached hydrogen (secondary N) is 1. The van der Waals surface area contributed by atoms with Gasteiger partial charge in [0, 0.05) is 26.8 Å². The molecular weight excluding hydrogens is 530 g/mol. The summed E-state index contributed by atoms with van der Waals surface area (Å²) >= 11 is 0. The fraction of sp³-hybridized carbons (Fsp3) is 0.258. The second-order valence-corrected chi connectivity index (χ2v) is 9.12. The summed E-state index contributed by atoms with van der Waals surface area (Å²) < 4.78 is 26.0. The number of anilines is 2. The van der Waals surface area contributed by atoms with Gasteiger partial charge in [0.05, 0.1) is 17.8 Å². The Morgan fingerprint density at radius 1 is 1.00 bits per heavy atom. The average Bonchev–Trinajstić information content (AvgIpc) is 2.94. The molecule has 10 heteroatoms. The van der Waals surface area contributed by atoms with Gasteiger partial charge in [0.2, 0.25) is 0 Å². The van der Waals surface area contributed by atoms with Gasteiger partial charge in [-0.05, 0) is 42.8 Å². The Bertz CT molecular complexity index is 1400. The number of carbonyl (C=O) groups is 3. The molecule has 0 fully saturated rings. The number of amides is 2. The van der Waals surface area contributed by atoms with E-state index in [0.717, 1.165) is 35.1 Å². The van der Waals surface area contributed by atoms with Crippen molar-refractivity contribution in [3.63, 3.8) is 0 Å². The molecule has 0 radical (unpaired) electrons. The number of carboxylic acid groups (broad SMARTS) is 1. The fourth-order valence-corrected chi connectivity index (χ4v) is 3.96. The van der Waals surface area contributed by atoms with Crippen molar-refractivity contribution in [2.75, 3.05) is 37.5 Å². The number of fused-ring (bicyclic) bond motifs is 1. The molecule has 2 amide bonds. The summed E-state index contributed by atoms with van der Waals surface area (Å²) in [6, 6.07) is 17.1. The molecule has 0 unspecified atom stereocenters. The first kappa shape index (κ1) is 32.5. The second-order valence-electron chi connectivity index (χ2n) is 9.12. The zero-order valence-electron chi connectivity index (χ0n) is 24.2. The minimum Gasteiger partial charge on any atom is -0.480 e. The molecule has 218 valence electrons. The summed E-state index contributed by atoms with van der Waals surface area (Å²) in [5.74, 6) is -3.74. The number of halogens is 2. The monoisotopic (exact) mass is 566 g/mol. The van der Waals surface area contributed by atoms with E-state index < -0.39 is 35.6 Å². The Morgan fingerprint density at radius 2 is 1.61 bits per heavy atom. The lowest BCUT2D eigenvalue weighted by molar-refractivity contribution is -0.135. The van der Waals surface area contributed by atoms with Gasteiger partial charge >= 0.3 is 5.97 Å². The zero-order chi connectivity index (χ0) is 30.9. The third-order valence-corrected chi connectivity index (χ3v) is 6.05. The van der Waals surface area contributed by atoms with Crippen LogP contribution >= 0.6 is 0 Å². The van der Waals surface area contributed by atoms with Crippen molar-refractivity contribution in [1.82, 2.24) is 10.2 Å². The molecule has 0 atom stereocenters. The Hall–Kier alpha value is -4.73. The molecular formula is C31H36F2N4O4. The van der Waals surface area contributed by atoms with E-state index in [1.165, 1.54) is 5.56 Å². The lowest BCUT2D eigenvalue weighted by Gasteiger charge is -2.38. The molecule has 1 aliphatic rings. The topological polar surface area (TPSA) is 93.2 Å². The summed E-state index contributed by atoms with van der Waals surface area (Å²) in [5.41, 5.74) is 4.13. The Balaban J connectivity index is 0.000000298. The smallest absolute Gasteiger partial charge is 0.322 e. The van der Waals surface area contributed by atoms with E-state index in [-0.39, 0.29) is 5.91 Å². The largest absolute Gasteiger partial charge is 0.480 e.